The van der Waals surface area contributed by atoms with Crippen molar-refractivity contribution in [1.82, 2.24) is 0 Å². The summed E-state index contributed by atoms with van der Waals surface area (Å²) in [5, 5.41) is 11.2. The molecule has 0 aliphatic heterocycles. The van der Waals surface area contributed by atoms with Crippen molar-refractivity contribution in [1.29, 1.82) is 0 Å². The van der Waals surface area contributed by atoms with E-state index in [0.29, 0.717) is 17.7 Å². The quantitative estimate of drug-likeness (QED) is 0.851. The Morgan fingerprint density at radius 3 is 2.62 bits per heavy atom. The van der Waals surface area contributed by atoms with Crippen molar-refractivity contribution in [2.75, 3.05) is 11.9 Å². The molecule has 0 unspecified atom stereocenters. The van der Waals surface area contributed by atoms with Crippen molar-refractivity contribution in [3.8, 4) is 11.8 Å². The SMILES string of the molecule is O=C(Nc1ccc(C#CCCO)c(F)c1)c1ccccc1. The first-order chi connectivity index (χ1) is 10.2. The number of halogens is 1. The van der Waals surface area contributed by atoms with Crippen LogP contribution in [0, 0.1) is 17.7 Å². The zero-order valence-electron chi connectivity index (χ0n) is 11.3. The number of aliphatic hydroxyl groups is 1. The number of carbonyl (C=O) groups excluding carboxylic acids is 1. The first-order valence-corrected chi connectivity index (χ1v) is 6.46. The molecule has 2 N–H and O–H groups in total. The van der Waals surface area contributed by atoms with Crippen LogP contribution >= 0.6 is 0 Å². The molecule has 2 aromatic rings. The summed E-state index contributed by atoms with van der Waals surface area (Å²) in [6, 6.07) is 13.0. The maximum Gasteiger partial charge on any atom is 0.255 e. The molecule has 2 rings (SSSR count). The summed E-state index contributed by atoms with van der Waals surface area (Å²) < 4.78 is 13.8. The predicted molar refractivity (Wildman–Crippen MR) is 79.4 cm³/mol. The molecular formula is C17H14FNO2. The van der Waals surface area contributed by atoms with Crippen LogP contribution in [0.5, 0.6) is 0 Å². The van der Waals surface area contributed by atoms with Gasteiger partial charge in [-0.1, -0.05) is 30.0 Å². The zero-order valence-corrected chi connectivity index (χ0v) is 11.3. The van der Waals surface area contributed by atoms with Crippen LogP contribution in [0.3, 0.4) is 0 Å². The highest BCUT2D eigenvalue weighted by atomic mass is 19.1. The van der Waals surface area contributed by atoms with Gasteiger partial charge in [0.15, 0.2) is 0 Å². The molecule has 0 aliphatic rings. The average molecular weight is 283 g/mol. The normalized spacial score (nSPS) is 9.62. The van der Waals surface area contributed by atoms with E-state index in [-0.39, 0.29) is 18.1 Å². The van der Waals surface area contributed by atoms with E-state index in [1.165, 1.54) is 12.1 Å². The summed E-state index contributed by atoms with van der Waals surface area (Å²) in [4.78, 5) is 11.9. The number of nitrogens with one attached hydrogen (secondary N) is 1. The van der Waals surface area contributed by atoms with Crippen LogP contribution in [-0.4, -0.2) is 17.6 Å². The van der Waals surface area contributed by atoms with Gasteiger partial charge in [-0.15, -0.1) is 0 Å². The Kier molecular flexibility index (Phi) is 5.08. The summed E-state index contributed by atoms with van der Waals surface area (Å²) in [5.74, 6) is 4.47. The number of hydrogen-bond donors (Lipinski definition) is 2. The highest BCUT2D eigenvalue weighted by molar-refractivity contribution is 6.04. The van der Waals surface area contributed by atoms with E-state index in [2.05, 4.69) is 17.2 Å². The predicted octanol–water partition coefficient (Wildman–Crippen LogP) is 2.81. The lowest BCUT2D eigenvalue weighted by Gasteiger charge is -2.06. The molecule has 0 saturated heterocycles. The van der Waals surface area contributed by atoms with Gasteiger partial charge in [-0.2, -0.15) is 0 Å². The lowest BCUT2D eigenvalue weighted by Crippen LogP contribution is -2.11. The number of rotatable bonds is 3. The molecule has 0 spiro atoms. The molecule has 21 heavy (non-hydrogen) atoms. The van der Waals surface area contributed by atoms with E-state index in [1.807, 2.05) is 6.07 Å². The lowest BCUT2D eigenvalue weighted by atomic mass is 10.1. The lowest BCUT2D eigenvalue weighted by molar-refractivity contribution is 0.102. The second-order valence-electron chi connectivity index (χ2n) is 4.29. The Bertz CT molecular complexity index is 687. The van der Waals surface area contributed by atoms with Gasteiger partial charge < -0.3 is 10.4 Å². The van der Waals surface area contributed by atoms with Gasteiger partial charge in [0.05, 0.1) is 12.2 Å². The first kappa shape index (κ1) is 14.8. The van der Waals surface area contributed by atoms with Gasteiger partial charge in [0, 0.05) is 17.7 Å². The Hall–Kier alpha value is -2.64. The van der Waals surface area contributed by atoms with E-state index >= 15 is 0 Å². The Morgan fingerprint density at radius 1 is 1.19 bits per heavy atom. The fraction of sp³-hybridized carbons (Fsp3) is 0.118. The van der Waals surface area contributed by atoms with Crippen LogP contribution in [0.4, 0.5) is 10.1 Å². The molecule has 0 radical (unpaired) electrons. The second kappa shape index (κ2) is 7.22. The van der Waals surface area contributed by atoms with Crippen molar-refractivity contribution in [3.63, 3.8) is 0 Å². The summed E-state index contributed by atoms with van der Waals surface area (Å²) >= 11 is 0. The Labute approximate surface area is 122 Å². The first-order valence-electron chi connectivity index (χ1n) is 6.46. The average Bonchev–Trinajstić information content (AvgIpc) is 2.50. The molecule has 0 atom stereocenters. The third-order valence-electron chi connectivity index (χ3n) is 2.72. The Morgan fingerprint density at radius 2 is 1.95 bits per heavy atom. The molecule has 0 fully saturated rings. The number of amides is 1. The number of hydrogen-bond acceptors (Lipinski definition) is 2. The minimum Gasteiger partial charge on any atom is -0.395 e. The highest BCUT2D eigenvalue weighted by Crippen LogP contribution is 2.15. The zero-order chi connectivity index (χ0) is 15.1. The molecular weight excluding hydrogens is 269 g/mol. The fourth-order valence-corrected chi connectivity index (χ4v) is 1.70. The monoisotopic (exact) mass is 283 g/mol. The van der Waals surface area contributed by atoms with E-state index in [1.54, 1.807) is 30.3 Å². The summed E-state index contributed by atoms with van der Waals surface area (Å²) in [6.07, 6.45) is 0.298. The highest BCUT2D eigenvalue weighted by Gasteiger charge is 2.07. The van der Waals surface area contributed by atoms with Crippen molar-refractivity contribution < 1.29 is 14.3 Å². The molecule has 0 aromatic heterocycles. The number of benzene rings is 2. The number of carbonyl (C=O) groups is 1. The van der Waals surface area contributed by atoms with E-state index in [0.717, 1.165) is 0 Å². The maximum atomic E-state index is 13.8. The molecule has 0 bridgehead atoms. The molecule has 4 heteroatoms. The molecule has 3 nitrogen and oxygen atoms in total. The largest absolute Gasteiger partial charge is 0.395 e. The van der Waals surface area contributed by atoms with Crippen LogP contribution in [0.2, 0.25) is 0 Å². The van der Waals surface area contributed by atoms with Gasteiger partial charge >= 0.3 is 0 Å². The summed E-state index contributed by atoms with van der Waals surface area (Å²) in [5.41, 5.74) is 1.11. The Balaban J connectivity index is 2.11. The van der Waals surface area contributed by atoms with Gasteiger partial charge in [0.25, 0.3) is 5.91 Å². The molecule has 1 amide bonds. The van der Waals surface area contributed by atoms with Crippen molar-refractivity contribution >= 4 is 11.6 Å². The van der Waals surface area contributed by atoms with Crippen molar-refractivity contribution in [3.05, 3.63) is 65.5 Å². The van der Waals surface area contributed by atoms with Crippen LogP contribution in [0.25, 0.3) is 0 Å². The van der Waals surface area contributed by atoms with Crippen LogP contribution in [0.15, 0.2) is 48.5 Å². The molecule has 0 saturated carbocycles. The number of anilines is 1. The standard InChI is InChI=1S/C17H14FNO2/c18-16-12-15(10-9-13(16)6-4-5-11-20)19-17(21)14-7-2-1-3-8-14/h1-3,7-10,12,20H,5,11H2,(H,19,21). The van der Waals surface area contributed by atoms with E-state index in [4.69, 9.17) is 5.11 Å². The van der Waals surface area contributed by atoms with Crippen LogP contribution in [0.1, 0.15) is 22.3 Å². The smallest absolute Gasteiger partial charge is 0.255 e. The van der Waals surface area contributed by atoms with Crippen molar-refractivity contribution in [2.45, 2.75) is 6.42 Å². The molecule has 0 heterocycles. The van der Waals surface area contributed by atoms with Crippen LogP contribution in [-0.2, 0) is 0 Å². The minimum absolute atomic E-state index is 0.0557. The fourth-order valence-electron chi connectivity index (χ4n) is 1.70. The van der Waals surface area contributed by atoms with Gasteiger partial charge in [-0.05, 0) is 30.3 Å². The second-order valence-corrected chi connectivity index (χ2v) is 4.29. The van der Waals surface area contributed by atoms with Crippen LogP contribution < -0.4 is 5.32 Å². The summed E-state index contributed by atoms with van der Waals surface area (Å²) in [6.45, 7) is -0.0557. The maximum absolute atomic E-state index is 13.8. The minimum atomic E-state index is -0.508. The van der Waals surface area contributed by atoms with Crippen molar-refractivity contribution in [2.24, 2.45) is 0 Å². The molecule has 0 aliphatic carbocycles. The van der Waals surface area contributed by atoms with E-state index in [9.17, 15) is 9.18 Å². The van der Waals surface area contributed by atoms with E-state index < -0.39 is 5.82 Å². The topological polar surface area (TPSA) is 49.3 Å². The van der Waals surface area contributed by atoms with Gasteiger partial charge in [-0.25, -0.2) is 4.39 Å². The third-order valence-corrected chi connectivity index (χ3v) is 2.72. The molecule has 106 valence electrons. The number of aliphatic hydroxyl groups excluding tert-OH is 1. The van der Waals surface area contributed by atoms with Gasteiger partial charge in [-0.3, -0.25) is 4.79 Å². The van der Waals surface area contributed by atoms with Gasteiger partial charge in [0.1, 0.15) is 5.82 Å². The van der Waals surface area contributed by atoms with Gasteiger partial charge in [0.2, 0.25) is 0 Å². The summed E-state index contributed by atoms with van der Waals surface area (Å²) in [7, 11) is 0. The third kappa shape index (κ3) is 4.16. The molecule has 2 aromatic carbocycles.